The summed E-state index contributed by atoms with van der Waals surface area (Å²) in [5, 5.41) is 25.1. The number of unbranched alkanes of at least 4 members (excludes halogenated alkanes) is 2. The Morgan fingerprint density at radius 3 is 2.30 bits per heavy atom. The Balaban J connectivity index is 1.21. The third-order valence-corrected chi connectivity index (χ3v) is 13.6. The number of fused-ring (bicyclic) bond motifs is 3. The number of benzene rings is 4. The molecule has 2 fully saturated rings. The molecule has 0 radical (unpaired) electrons. The lowest BCUT2D eigenvalue weighted by Crippen LogP contribution is -2.70. The maximum Gasteiger partial charge on any atom is 0.239 e. The first-order valence-corrected chi connectivity index (χ1v) is 23.9. The second-order valence-electron chi connectivity index (χ2n) is 19.4. The Morgan fingerprint density at radius 2 is 1.58 bits per heavy atom. The smallest absolute Gasteiger partial charge is 0.239 e. The normalized spacial score (nSPS) is 24.4. The van der Waals surface area contributed by atoms with Crippen molar-refractivity contribution in [1.29, 1.82) is 0 Å². The van der Waals surface area contributed by atoms with E-state index in [-0.39, 0.29) is 62.7 Å². The van der Waals surface area contributed by atoms with Gasteiger partial charge in [0.05, 0.1) is 18.2 Å². The molecule has 66 heavy (non-hydrogen) atoms. The van der Waals surface area contributed by atoms with Gasteiger partial charge in [-0.3, -0.25) is 4.79 Å². The maximum absolute atomic E-state index is 15.0. The van der Waals surface area contributed by atoms with E-state index in [4.69, 9.17) is 33.7 Å². The van der Waals surface area contributed by atoms with Crippen molar-refractivity contribution in [3.8, 4) is 39.9 Å². The molecule has 4 aromatic rings. The number of amides is 1. The van der Waals surface area contributed by atoms with Gasteiger partial charge >= 0.3 is 0 Å². The van der Waals surface area contributed by atoms with Gasteiger partial charge in [0.25, 0.3) is 0 Å². The van der Waals surface area contributed by atoms with E-state index in [0.29, 0.717) is 48.0 Å². The molecule has 348 valence electrons. The zero-order valence-electron chi connectivity index (χ0n) is 38.5. The van der Waals surface area contributed by atoms with Crippen molar-refractivity contribution in [3.05, 3.63) is 126 Å². The van der Waals surface area contributed by atoms with Crippen LogP contribution in [0.4, 0.5) is 0 Å². The SMILES string of the molecule is C=CCOC12Oc3ccc(Oc4ccc(-c5ccccc5)cc4)cc3C3C(CCCCO)C(CCCCO)C=C(C(=NOC(C)(C)C)CC1N(Cc1ccc4c(c1)OCO4)C(=O)C1CC1)C32. The summed E-state index contributed by atoms with van der Waals surface area (Å²) in [5.41, 5.74) is 5.30. The van der Waals surface area contributed by atoms with Gasteiger partial charge in [-0.2, -0.15) is 0 Å². The number of carbonyl (C=O) groups is 1. The van der Waals surface area contributed by atoms with E-state index < -0.39 is 23.3 Å². The van der Waals surface area contributed by atoms with Crippen LogP contribution in [0, 0.1) is 23.7 Å². The number of ether oxygens (including phenoxy) is 5. The molecule has 2 heterocycles. The predicted molar refractivity (Wildman–Crippen MR) is 254 cm³/mol. The lowest BCUT2D eigenvalue weighted by molar-refractivity contribution is -0.258. The molecule has 11 heteroatoms. The Bertz CT molecular complexity index is 2410. The fraction of sp³-hybridized carbons (Fsp3) is 0.455. The number of rotatable bonds is 19. The number of hydrogen-bond donors (Lipinski definition) is 2. The van der Waals surface area contributed by atoms with Gasteiger partial charge in [-0.15, -0.1) is 6.58 Å². The highest BCUT2D eigenvalue weighted by molar-refractivity contribution is 6.03. The molecular formula is C55H64N2O9. The van der Waals surface area contributed by atoms with Gasteiger partial charge in [0, 0.05) is 43.6 Å². The molecule has 6 unspecified atom stereocenters. The molecule has 6 atom stereocenters. The number of nitrogens with zero attached hydrogens (tertiary/aromatic N) is 2. The van der Waals surface area contributed by atoms with Gasteiger partial charge in [0.2, 0.25) is 18.5 Å². The third kappa shape index (κ3) is 9.62. The molecule has 5 aliphatic rings. The fourth-order valence-corrected chi connectivity index (χ4v) is 10.5. The molecule has 3 aliphatic carbocycles. The average molecular weight is 897 g/mol. The maximum atomic E-state index is 15.0. The molecule has 2 saturated carbocycles. The number of hydrogen-bond acceptors (Lipinski definition) is 10. The van der Waals surface area contributed by atoms with Crippen LogP contribution in [0.5, 0.6) is 28.7 Å². The van der Waals surface area contributed by atoms with E-state index in [0.717, 1.165) is 72.1 Å². The van der Waals surface area contributed by atoms with E-state index in [1.807, 2.05) is 86.3 Å². The van der Waals surface area contributed by atoms with Crippen LogP contribution in [-0.2, 0) is 20.9 Å². The largest absolute Gasteiger partial charge is 0.459 e. The quantitative estimate of drug-likeness (QED) is 0.0537. The highest BCUT2D eigenvalue weighted by Gasteiger charge is 2.66. The monoisotopic (exact) mass is 896 g/mol. The van der Waals surface area contributed by atoms with E-state index in [1.54, 1.807) is 6.08 Å². The summed E-state index contributed by atoms with van der Waals surface area (Å²) in [6, 6.07) is 29.7. The Kier molecular flexibility index (Phi) is 13.6. The molecular weight excluding hydrogens is 833 g/mol. The molecule has 11 nitrogen and oxygen atoms in total. The number of aliphatic hydroxyl groups is 2. The van der Waals surface area contributed by atoms with Crippen molar-refractivity contribution >= 4 is 11.6 Å². The number of aliphatic hydroxyl groups excluding tert-OH is 2. The van der Waals surface area contributed by atoms with Crippen molar-refractivity contribution in [3.63, 3.8) is 0 Å². The van der Waals surface area contributed by atoms with Crippen LogP contribution in [0.15, 0.2) is 120 Å². The van der Waals surface area contributed by atoms with Crippen molar-refractivity contribution in [2.24, 2.45) is 28.8 Å². The molecule has 2 N–H and O–H groups in total. The van der Waals surface area contributed by atoms with Crippen LogP contribution in [0.3, 0.4) is 0 Å². The zero-order valence-corrected chi connectivity index (χ0v) is 38.5. The number of carbonyl (C=O) groups excluding carboxylic acids is 1. The topological polar surface area (TPSA) is 129 Å². The summed E-state index contributed by atoms with van der Waals surface area (Å²) in [7, 11) is 0. The van der Waals surface area contributed by atoms with Gasteiger partial charge in [-0.1, -0.05) is 78.7 Å². The second kappa shape index (κ2) is 19.7. The molecule has 0 saturated heterocycles. The summed E-state index contributed by atoms with van der Waals surface area (Å²) in [6.07, 6.45) is 10.8. The molecule has 0 aromatic heterocycles. The van der Waals surface area contributed by atoms with Gasteiger partial charge < -0.3 is 43.6 Å². The Hall–Kier alpha value is -5.62. The first kappa shape index (κ1) is 45.5. The lowest BCUT2D eigenvalue weighted by atomic mass is 9.55. The van der Waals surface area contributed by atoms with Crippen LogP contribution < -0.4 is 18.9 Å². The van der Waals surface area contributed by atoms with E-state index in [1.165, 1.54) is 0 Å². The first-order valence-electron chi connectivity index (χ1n) is 23.9. The fourth-order valence-electron chi connectivity index (χ4n) is 10.5. The molecule has 0 spiro atoms. The van der Waals surface area contributed by atoms with Crippen molar-refractivity contribution in [1.82, 2.24) is 4.90 Å². The zero-order chi connectivity index (χ0) is 45.8. The number of allylic oxidation sites excluding steroid dienone is 1. The van der Waals surface area contributed by atoms with Gasteiger partial charge in [0.1, 0.15) is 28.9 Å². The summed E-state index contributed by atoms with van der Waals surface area (Å²) in [6.45, 7) is 10.9. The predicted octanol–water partition coefficient (Wildman–Crippen LogP) is 10.7. The van der Waals surface area contributed by atoms with Gasteiger partial charge in [-0.05, 0) is 136 Å². The molecule has 9 rings (SSSR count). The van der Waals surface area contributed by atoms with Gasteiger partial charge in [-0.25, -0.2) is 0 Å². The summed E-state index contributed by atoms with van der Waals surface area (Å²) < 4.78 is 32.9. The summed E-state index contributed by atoms with van der Waals surface area (Å²) in [4.78, 5) is 23.3. The lowest BCUT2D eigenvalue weighted by Gasteiger charge is -2.60. The highest BCUT2D eigenvalue weighted by atomic mass is 16.7. The first-order chi connectivity index (χ1) is 32.1. The van der Waals surface area contributed by atoms with Crippen molar-refractivity contribution < 1.29 is 43.5 Å². The van der Waals surface area contributed by atoms with Gasteiger partial charge in [0.15, 0.2) is 11.5 Å². The minimum absolute atomic E-state index is 0.0490. The molecule has 4 aromatic carbocycles. The second-order valence-corrected chi connectivity index (χ2v) is 19.4. The summed E-state index contributed by atoms with van der Waals surface area (Å²) >= 11 is 0. The van der Waals surface area contributed by atoms with E-state index >= 15 is 0 Å². The molecule has 2 aliphatic heterocycles. The minimum atomic E-state index is -1.37. The van der Waals surface area contributed by atoms with Crippen molar-refractivity contribution in [2.45, 2.75) is 108 Å². The van der Waals surface area contributed by atoms with Crippen LogP contribution in [-0.4, -0.2) is 70.8 Å². The van der Waals surface area contributed by atoms with E-state index in [9.17, 15) is 15.0 Å². The standard InChI is InChI=1S/C55H64N2O9/c1-5-29-63-55-50(57(53(60)39-18-19-39)34-36-17-25-48-49(30-36)62-35-61-48)33-46(56-66-54(2,3)4)44-31-40(15-9-11-27-58)43(16-10-12-28-59)51(52(44)55)45-32-42(24-26-47(45)65-55)64-41-22-20-38(21-23-41)37-13-7-6-8-14-37/h5-8,13-14,17,20-26,30-32,39-40,43,50-52,58-59H,1,9-12,15-16,18-19,27-29,33-35H2,2-4H3. The molecule has 0 bridgehead atoms. The van der Waals surface area contributed by atoms with E-state index in [2.05, 4.69) is 43.0 Å². The highest BCUT2D eigenvalue weighted by Crippen LogP contribution is 2.62. The third-order valence-electron chi connectivity index (χ3n) is 13.6. The van der Waals surface area contributed by atoms with Crippen LogP contribution in [0.25, 0.3) is 11.1 Å². The van der Waals surface area contributed by atoms with Crippen LogP contribution in [0.2, 0.25) is 0 Å². The Morgan fingerprint density at radius 1 is 0.864 bits per heavy atom. The van der Waals surface area contributed by atoms with Crippen LogP contribution >= 0.6 is 0 Å². The minimum Gasteiger partial charge on any atom is -0.459 e. The Labute approximate surface area is 389 Å². The van der Waals surface area contributed by atoms with Crippen molar-refractivity contribution in [2.75, 3.05) is 26.6 Å². The number of oxime groups is 1. The van der Waals surface area contributed by atoms with Crippen LogP contribution in [0.1, 0.15) is 95.6 Å². The average Bonchev–Trinajstić information content (AvgIpc) is 4.07. The molecule has 1 amide bonds. The summed E-state index contributed by atoms with van der Waals surface area (Å²) in [5.74, 6) is 1.50.